The zero-order valence-electron chi connectivity index (χ0n) is 9.52. The van der Waals surface area contributed by atoms with Crippen molar-refractivity contribution in [3.8, 4) is 11.5 Å². The van der Waals surface area contributed by atoms with Crippen LogP contribution in [0.15, 0.2) is 16.6 Å². The first-order valence-corrected chi connectivity index (χ1v) is 5.59. The van der Waals surface area contributed by atoms with Gasteiger partial charge in [0.05, 0.1) is 0 Å². The van der Waals surface area contributed by atoms with E-state index in [-0.39, 0.29) is 5.41 Å². The van der Waals surface area contributed by atoms with Crippen LogP contribution in [0.4, 0.5) is 13.2 Å². The molecule has 17 heavy (non-hydrogen) atoms. The average Bonchev–Trinajstić information content (AvgIpc) is 2.05. The van der Waals surface area contributed by atoms with Crippen molar-refractivity contribution in [3.63, 3.8) is 0 Å². The monoisotopic (exact) mass is 312 g/mol. The minimum absolute atomic E-state index is 0.365. The molecular weight excluding hydrogens is 301 g/mol. The van der Waals surface area contributed by atoms with Gasteiger partial charge in [0.15, 0.2) is 11.5 Å². The molecule has 1 aromatic carbocycles. The molecule has 1 aromatic rings. The number of benzene rings is 1. The summed E-state index contributed by atoms with van der Waals surface area (Å²) in [6.07, 6.45) is -4.82. The Morgan fingerprint density at radius 2 is 1.71 bits per heavy atom. The second kappa shape index (κ2) is 4.40. The SMILES string of the molecule is CC(C)(C)c1cc(OC(F)(F)F)c(O)cc1Br. The normalized spacial score (nSPS) is 12.6. The molecule has 96 valence electrons. The first-order valence-electron chi connectivity index (χ1n) is 4.79. The van der Waals surface area contributed by atoms with Gasteiger partial charge in [0.25, 0.3) is 0 Å². The Kier molecular flexibility index (Phi) is 3.66. The third-order valence-corrected chi connectivity index (χ3v) is 2.74. The van der Waals surface area contributed by atoms with Crippen LogP contribution in [0.1, 0.15) is 26.3 Å². The quantitative estimate of drug-likeness (QED) is 0.835. The van der Waals surface area contributed by atoms with Gasteiger partial charge in [0.1, 0.15) is 0 Å². The Balaban J connectivity index is 3.25. The summed E-state index contributed by atoms with van der Waals surface area (Å²) in [7, 11) is 0. The van der Waals surface area contributed by atoms with Gasteiger partial charge in [-0.1, -0.05) is 36.7 Å². The number of alkyl halides is 3. The number of aromatic hydroxyl groups is 1. The van der Waals surface area contributed by atoms with Gasteiger partial charge in [-0.25, -0.2) is 0 Å². The second-order valence-electron chi connectivity index (χ2n) is 4.60. The fourth-order valence-corrected chi connectivity index (χ4v) is 2.25. The van der Waals surface area contributed by atoms with Crippen LogP contribution in [-0.2, 0) is 5.41 Å². The van der Waals surface area contributed by atoms with Crippen molar-refractivity contribution in [1.82, 2.24) is 0 Å². The smallest absolute Gasteiger partial charge is 0.504 e. The number of rotatable bonds is 1. The van der Waals surface area contributed by atoms with Crippen molar-refractivity contribution >= 4 is 15.9 Å². The van der Waals surface area contributed by atoms with Crippen molar-refractivity contribution in [2.24, 2.45) is 0 Å². The molecule has 0 spiro atoms. The number of ether oxygens (including phenoxy) is 1. The van der Waals surface area contributed by atoms with E-state index in [4.69, 9.17) is 0 Å². The first-order chi connectivity index (χ1) is 7.50. The summed E-state index contributed by atoms with van der Waals surface area (Å²) in [4.78, 5) is 0. The van der Waals surface area contributed by atoms with Gasteiger partial charge in [0.2, 0.25) is 0 Å². The summed E-state index contributed by atoms with van der Waals surface area (Å²) < 4.78 is 40.6. The summed E-state index contributed by atoms with van der Waals surface area (Å²) in [5, 5.41) is 9.39. The Hall–Kier alpha value is -0.910. The molecule has 0 fully saturated rings. The van der Waals surface area contributed by atoms with Gasteiger partial charge >= 0.3 is 6.36 Å². The summed E-state index contributed by atoms with van der Waals surface area (Å²) in [5.74, 6) is -1.15. The Bertz CT molecular complexity index is 422. The summed E-state index contributed by atoms with van der Waals surface area (Å²) >= 11 is 3.20. The second-order valence-corrected chi connectivity index (χ2v) is 5.45. The van der Waals surface area contributed by atoms with Gasteiger partial charge in [-0.2, -0.15) is 0 Å². The first kappa shape index (κ1) is 14.2. The molecule has 0 unspecified atom stereocenters. The van der Waals surface area contributed by atoms with E-state index in [0.717, 1.165) is 0 Å². The van der Waals surface area contributed by atoms with Crippen LogP contribution in [0, 0.1) is 0 Å². The van der Waals surface area contributed by atoms with E-state index in [9.17, 15) is 18.3 Å². The minimum Gasteiger partial charge on any atom is -0.504 e. The maximum atomic E-state index is 12.1. The predicted octanol–water partition coefficient (Wildman–Crippen LogP) is 4.35. The molecule has 1 rings (SSSR count). The van der Waals surface area contributed by atoms with Crippen LogP contribution in [0.2, 0.25) is 0 Å². The zero-order valence-corrected chi connectivity index (χ0v) is 11.1. The number of phenolic OH excluding ortho intramolecular Hbond substituents is 1. The molecule has 0 aliphatic carbocycles. The van der Waals surface area contributed by atoms with Crippen LogP contribution in [0.3, 0.4) is 0 Å². The molecule has 0 aromatic heterocycles. The molecule has 0 amide bonds. The van der Waals surface area contributed by atoms with Gasteiger partial charge in [0, 0.05) is 4.47 Å². The summed E-state index contributed by atoms with van der Waals surface area (Å²) in [6.45, 7) is 5.55. The molecule has 6 heteroatoms. The minimum atomic E-state index is -4.82. The maximum Gasteiger partial charge on any atom is 0.573 e. The average molecular weight is 313 g/mol. The maximum absolute atomic E-state index is 12.1. The molecule has 0 radical (unpaired) electrons. The standard InChI is InChI=1S/C11H12BrF3O2/c1-10(2,3)6-4-9(17-11(13,14)15)8(16)5-7(6)12/h4-5,16H,1-3H3. The largest absolute Gasteiger partial charge is 0.573 e. The molecule has 1 N–H and O–H groups in total. The van der Waals surface area contributed by atoms with E-state index < -0.39 is 17.9 Å². The van der Waals surface area contributed by atoms with Gasteiger partial charge in [-0.05, 0) is 23.1 Å². The molecule has 0 bridgehead atoms. The van der Waals surface area contributed by atoms with Crippen LogP contribution in [0.5, 0.6) is 11.5 Å². The molecule has 0 saturated carbocycles. The zero-order chi connectivity index (χ0) is 13.4. The van der Waals surface area contributed by atoms with Gasteiger partial charge in [-0.15, -0.1) is 13.2 Å². The number of phenols is 1. The van der Waals surface area contributed by atoms with Crippen LogP contribution in [-0.4, -0.2) is 11.5 Å². The molecule has 2 nitrogen and oxygen atoms in total. The number of hydrogen-bond acceptors (Lipinski definition) is 2. The molecule has 0 saturated heterocycles. The lowest BCUT2D eigenvalue weighted by Gasteiger charge is -2.22. The topological polar surface area (TPSA) is 29.5 Å². The van der Waals surface area contributed by atoms with Gasteiger partial charge in [-0.3, -0.25) is 0 Å². The third-order valence-electron chi connectivity index (χ3n) is 2.08. The Morgan fingerprint density at radius 1 is 1.18 bits per heavy atom. The van der Waals surface area contributed by atoms with Crippen molar-refractivity contribution in [1.29, 1.82) is 0 Å². The number of halogens is 4. The fraction of sp³-hybridized carbons (Fsp3) is 0.455. The highest BCUT2D eigenvalue weighted by Crippen LogP contribution is 2.40. The Morgan fingerprint density at radius 3 is 2.12 bits per heavy atom. The van der Waals surface area contributed by atoms with E-state index in [1.54, 1.807) is 0 Å². The van der Waals surface area contributed by atoms with Crippen LogP contribution < -0.4 is 4.74 Å². The lowest BCUT2D eigenvalue weighted by Crippen LogP contribution is -2.18. The highest BCUT2D eigenvalue weighted by Gasteiger charge is 2.33. The van der Waals surface area contributed by atoms with Crippen molar-refractivity contribution in [2.75, 3.05) is 0 Å². The fourth-order valence-electron chi connectivity index (χ4n) is 1.32. The van der Waals surface area contributed by atoms with E-state index in [1.165, 1.54) is 12.1 Å². The molecule has 0 aliphatic rings. The van der Waals surface area contributed by atoms with E-state index in [2.05, 4.69) is 20.7 Å². The lowest BCUT2D eigenvalue weighted by molar-refractivity contribution is -0.275. The lowest BCUT2D eigenvalue weighted by atomic mass is 9.87. The predicted molar refractivity (Wildman–Crippen MR) is 61.2 cm³/mol. The van der Waals surface area contributed by atoms with Crippen molar-refractivity contribution < 1.29 is 23.0 Å². The van der Waals surface area contributed by atoms with E-state index in [1.807, 2.05) is 20.8 Å². The highest BCUT2D eigenvalue weighted by molar-refractivity contribution is 9.10. The van der Waals surface area contributed by atoms with Crippen LogP contribution >= 0.6 is 15.9 Å². The Labute approximate surface area is 106 Å². The van der Waals surface area contributed by atoms with Crippen molar-refractivity contribution in [3.05, 3.63) is 22.2 Å². The van der Waals surface area contributed by atoms with E-state index >= 15 is 0 Å². The van der Waals surface area contributed by atoms with Gasteiger partial charge < -0.3 is 9.84 Å². The van der Waals surface area contributed by atoms with E-state index in [0.29, 0.717) is 10.0 Å². The molecular formula is C11H12BrF3O2. The highest BCUT2D eigenvalue weighted by atomic mass is 79.9. The summed E-state index contributed by atoms with van der Waals surface area (Å²) in [5.41, 5.74) is 0.255. The third kappa shape index (κ3) is 3.80. The number of hydrogen-bond donors (Lipinski definition) is 1. The molecule has 0 aliphatic heterocycles. The van der Waals surface area contributed by atoms with Crippen LogP contribution in [0.25, 0.3) is 0 Å². The summed E-state index contributed by atoms with van der Waals surface area (Å²) in [6, 6.07) is 2.38. The molecule has 0 heterocycles. The van der Waals surface area contributed by atoms with Crippen molar-refractivity contribution in [2.45, 2.75) is 32.5 Å². The molecule has 0 atom stereocenters.